The number of hydrogen-bond donors (Lipinski definition) is 3. The molecule has 6 nitrogen and oxygen atoms in total. The average Bonchev–Trinajstić information content (AvgIpc) is 3.14. The Morgan fingerprint density at radius 3 is 2.58 bits per heavy atom. The normalized spacial score (nSPS) is 12.1. The Bertz CT molecular complexity index is 1130. The standard InChI is InChI=1S/C24H28N4O2S/c1-5-6-7-20-21(12-13-31-28(4)30)27-24(26-20)19-15-25-22(14-23(19)29)18-10-8-17(9-11-18)16(2)3/h6-16,30H,5H2,1-4H3,(H,25,29)(H,26,27)/b7-6-,13-12-. The lowest BCUT2D eigenvalue weighted by Gasteiger charge is -2.07. The summed E-state index contributed by atoms with van der Waals surface area (Å²) in [7, 11) is 1.54. The van der Waals surface area contributed by atoms with Gasteiger partial charge in [-0.05, 0) is 53.0 Å². The number of hydroxylamine groups is 1. The van der Waals surface area contributed by atoms with E-state index in [1.54, 1.807) is 30.8 Å². The number of nitrogens with one attached hydrogen (secondary N) is 2. The Kier molecular flexibility index (Phi) is 7.68. The average molecular weight is 437 g/mol. The van der Waals surface area contributed by atoms with Crippen LogP contribution in [-0.4, -0.2) is 31.7 Å². The van der Waals surface area contributed by atoms with Crippen molar-refractivity contribution in [2.45, 2.75) is 33.1 Å². The van der Waals surface area contributed by atoms with Gasteiger partial charge in [0.2, 0.25) is 0 Å². The van der Waals surface area contributed by atoms with Crippen LogP contribution < -0.4 is 5.43 Å². The van der Waals surface area contributed by atoms with Crippen molar-refractivity contribution in [2.75, 3.05) is 7.05 Å². The van der Waals surface area contributed by atoms with Gasteiger partial charge in [-0.1, -0.05) is 51.1 Å². The van der Waals surface area contributed by atoms with Gasteiger partial charge in [0.15, 0.2) is 5.43 Å². The molecule has 2 heterocycles. The predicted octanol–water partition coefficient (Wildman–Crippen LogP) is 5.92. The van der Waals surface area contributed by atoms with E-state index in [0.29, 0.717) is 23.0 Å². The van der Waals surface area contributed by atoms with Crippen LogP contribution in [0.15, 0.2) is 52.8 Å². The van der Waals surface area contributed by atoms with Crippen LogP contribution in [0.1, 0.15) is 50.1 Å². The topological polar surface area (TPSA) is 85.0 Å². The molecule has 0 bridgehead atoms. The summed E-state index contributed by atoms with van der Waals surface area (Å²) in [4.78, 5) is 23.9. The van der Waals surface area contributed by atoms with E-state index in [0.717, 1.165) is 39.8 Å². The number of aromatic amines is 2. The van der Waals surface area contributed by atoms with Crippen LogP contribution in [0.25, 0.3) is 34.8 Å². The minimum absolute atomic E-state index is 0.110. The lowest BCUT2D eigenvalue weighted by Crippen LogP contribution is -2.06. The summed E-state index contributed by atoms with van der Waals surface area (Å²) >= 11 is 1.13. The van der Waals surface area contributed by atoms with Gasteiger partial charge >= 0.3 is 0 Å². The van der Waals surface area contributed by atoms with Gasteiger partial charge in [-0.3, -0.25) is 4.79 Å². The van der Waals surface area contributed by atoms with Gasteiger partial charge in [-0.15, -0.1) is 4.47 Å². The van der Waals surface area contributed by atoms with Crippen molar-refractivity contribution in [3.63, 3.8) is 0 Å². The maximum absolute atomic E-state index is 12.9. The van der Waals surface area contributed by atoms with Crippen molar-refractivity contribution in [2.24, 2.45) is 0 Å². The molecule has 1 aromatic carbocycles. The minimum atomic E-state index is -0.110. The molecule has 0 radical (unpaired) electrons. The fraction of sp³-hybridized carbons (Fsp3) is 0.250. The molecule has 3 aromatic rings. The smallest absolute Gasteiger partial charge is 0.193 e. The number of allylic oxidation sites excluding steroid dienone is 1. The molecule has 0 fully saturated rings. The molecule has 0 aliphatic carbocycles. The SMILES string of the molecule is CC/C=C\c1[nH]c(-c2c[nH]c(-c3ccc(C(C)C)cc3)cc2=O)nc1/C=C\SN(C)O. The quantitative estimate of drug-likeness (QED) is 0.301. The molecule has 0 aliphatic heterocycles. The van der Waals surface area contributed by atoms with Crippen molar-refractivity contribution < 1.29 is 5.21 Å². The second-order valence-corrected chi connectivity index (χ2v) is 8.48. The molecule has 0 saturated carbocycles. The number of rotatable bonds is 8. The van der Waals surface area contributed by atoms with Gasteiger partial charge in [0.05, 0.1) is 17.0 Å². The number of pyridine rings is 1. The molecule has 2 aromatic heterocycles. The Labute approximate surface area is 186 Å². The zero-order chi connectivity index (χ0) is 22.4. The van der Waals surface area contributed by atoms with Crippen LogP contribution in [0.4, 0.5) is 0 Å². The minimum Gasteiger partial charge on any atom is -0.360 e. The summed E-state index contributed by atoms with van der Waals surface area (Å²) in [6.07, 6.45) is 8.35. The first-order valence-corrected chi connectivity index (χ1v) is 11.1. The molecule has 0 aliphatic rings. The molecule has 7 heteroatoms. The van der Waals surface area contributed by atoms with E-state index in [1.165, 1.54) is 5.56 Å². The Morgan fingerprint density at radius 2 is 1.97 bits per heavy atom. The third-order valence-corrected chi connectivity index (χ3v) is 5.34. The van der Waals surface area contributed by atoms with Gasteiger partial charge in [0.25, 0.3) is 0 Å². The second kappa shape index (κ2) is 10.4. The van der Waals surface area contributed by atoms with E-state index in [-0.39, 0.29) is 5.43 Å². The van der Waals surface area contributed by atoms with Crippen LogP contribution in [0, 0.1) is 0 Å². The highest BCUT2D eigenvalue weighted by atomic mass is 32.2. The van der Waals surface area contributed by atoms with Crippen molar-refractivity contribution >= 4 is 24.1 Å². The lowest BCUT2D eigenvalue weighted by molar-refractivity contribution is 0.0464. The van der Waals surface area contributed by atoms with Crippen molar-refractivity contribution in [1.29, 1.82) is 0 Å². The Balaban J connectivity index is 1.93. The van der Waals surface area contributed by atoms with Crippen LogP contribution in [0.5, 0.6) is 0 Å². The van der Waals surface area contributed by atoms with Gasteiger partial charge in [0, 0.05) is 25.0 Å². The van der Waals surface area contributed by atoms with E-state index in [2.05, 4.69) is 47.9 Å². The van der Waals surface area contributed by atoms with Crippen LogP contribution in [0.2, 0.25) is 0 Å². The molecule has 0 atom stereocenters. The largest absolute Gasteiger partial charge is 0.360 e. The first kappa shape index (κ1) is 22.8. The van der Waals surface area contributed by atoms with Crippen LogP contribution in [0.3, 0.4) is 0 Å². The zero-order valence-electron chi connectivity index (χ0n) is 18.2. The fourth-order valence-corrected chi connectivity index (χ4v) is 3.44. The van der Waals surface area contributed by atoms with Crippen LogP contribution in [-0.2, 0) is 0 Å². The molecule has 31 heavy (non-hydrogen) atoms. The summed E-state index contributed by atoms with van der Waals surface area (Å²) in [5, 5.41) is 11.0. The molecular weight excluding hydrogens is 408 g/mol. The summed E-state index contributed by atoms with van der Waals surface area (Å²) in [6, 6.07) is 9.84. The summed E-state index contributed by atoms with van der Waals surface area (Å²) in [5.74, 6) is 0.963. The highest BCUT2D eigenvalue weighted by Crippen LogP contribution is 2.23. The summed E-state index contributed by atoms with van der Waals surface area (Å²) < 4.78 is 1.00. The number of benzene rings is 1. The fourth-order valence-electron chi connectivity index (χ4n) is 3.07. The third-order valence-electron chi connectivity index (χ3n) is 4.78. The first-order chi connectivity index (χ1) is 14.9. The molecule has 0 spiro atoms. The van der Waals surface area contributed by atoms with Crippen molar-refractivity contribution in [1.82, 2.24) is 19.4 Å². The van der Waals surface area contributed by atoms with E-state index in [9.17, 15) is 10.0 Å². The Morgan fingerprint density at radius 1 is 1.23 bits per heavy atom. The highest BCUT2D eigenvalue weighted by molar-refractivity contribution is 7.99. The number of hydrogen-bond acceptors (Lipinski definition) is 5. The van der Waals surface area contributed by atoms with E-state index in [4.69, 9.17) is 0 Å². The van der Waals surface area contributed by atoms with Gasteiger partial charge in [-0.25, -0.2) is 4.98 Å². The number of H-pyrrole nitrogens is 2. The maximum atomic E-state index is 12.9. The van der Waals surface area contributed by atoms with Crippen molar-refractivity contribution in [3.8, 4) is 22.6 Å². The van der Waals surface area contributed by atoms with Crippen molar-refractivity contribution in [3.05, 3.63) is 75.2 Å². The second-order valence-electron chi connectivity index (χ2n) is 7.47. The number of aromatic nitrogens is 3. The van der Waals surface area contributed by atoms with Gasteiger partial charge in [0.1, 0.15) is 5.82 Å². The molecule has 0 saturated heterocycles. The van der Waals surface area contributed by atoms with Gasteiger partial charge in [-0.2, -0.15) is 0 Å². The monoisotopic (exact) mass is 436 g/mol. The molecule has 0 unspecified atom stereocenters. The lowest BCUT2D eigenvalue weighted by atomic mass is 10.0. The Hall–Kier alpha value is -2.87. The molecule has 162 valence electrons. The third kappa shape index (κ3) is 5.85. The number of imidazole rings is 1. The van der Waals surface area contributed by atoms with Gasteiger partial charge < -0.3 is 15.2 Å². The summed E-state index contributed by atoms with van der Waals surface area (Å²) in [5.41, 5.74) is 4.86. The molecule has 3 N–H and O–H groups in total. The first-order valence-electron chi connectivity index (χ1n) is 10.2. The van der Waals surface area contributed by atoms with E-state index < -0.39 is 0 Å². The molecule has 3 rings (SSSR count). The zero-order valence-corrected chi connectivity index (χ0v) is 19.0. The van der Waals surface area contributed by atoms with E-state index >= 15 is 0 Å². The highest BCUT2D eigenvalue weighted by Gasteiger charge is 2.12. The molecular formula is C24H28N4O2S. The summed E-state index contributed by atoms with van der Waals surface area (Å²) in [6.45, 7) is 6.36. The molecule has 0 amide bonds. The predicted molar refractivity (Wildman–Crippen MR) is 130 cm³/mol. The van der Waals surface area contributed by atoms with Crippen LogP contribution >= 0.6 is 11.9 Å². The maximum Gasteiger partial charge on any atom is 0.193 e. The number of nitrogens with zero attached hydrogens (tertiary/aromatic N) is 2. The van der Waals surface area contributed by atoms with E-state index in [1.807, 2.05) is 24.3 Å².